The first-order valence-electron chi connectivity index (χ1n) is 5.99. The molecule has 0 radical (unpaired) electrons. The Labute approximate surface area is 91.7 Å². The minimum absolute atomic E-state index is 0.560. The molecular weight excluding hydrogens is 186 g/mol. The maximum absolute atomic E-state index is 5.59. The first-order chi connectivity index (χ1) is 7.29. The normalized spacial score (nSPS) is 18.8. The van der Waals surface area contributed by atoms with Crippen LogP contribution in [0.2, 0.25) is 0 Å². The van der Waals surface area contributed by atoms with E-state index in [9.17, 15) is 0 Å². The monoisotopic (exact) mass is 207 g/mol. The highest BCUT2D eigenvalue weighted by Gasteiger charge is 2.35. The average Bonchev–Trinajstić information content (AvgIpc) is 2.60. The van der Waals surface area contributed by atoms with Crippen LogP contribution >= 0.6 is 0 Å². The Kier molecular flexibility index (Phi) is 3.10. The van der Waals surface area contributed by atoms with Gasteiger partial charge >= 0.3 is 0 Å². The van der Waals surface area contributed by atoms with Crippen LogP contribution in [0.3, 0.4) is 0 Å². The zero-order chi connectivity index (χ0) is 10.7. The van der Waals surface area contributed by atoms with Crippen LogP contribution in [0.1, 0.15) is 38.3 Å². The Morgan fingerprint density at radius 2 is 2.33 bits per heavy atom. The molecule has 84 valence electrons. The third kappa shape index (κ3) is 2.07. The van der Waals surface area contributed by atoms with Crippen LogP contribution in [0.5, 0.6) is 0 Å². The highest BCUT2D eigenvalue weighted by atomic mass is 15.1. The zero-order valence-electron chi connectivity index (χ0n) is 9.58. The number of nitrogens with zero attached hydrogens (tertiary/aromatic N) is 2. The molecule has 1 aliphatic rings. The van der Waals surface area contributed by atoms with Crippen LogP contribution in [0.15, 0.2) is 12.5 Å². The summed E-state index contributed by atoms with van der Waals surface area (Å²) in [5.41, 5.74) is 7.44. The summed E-state index contributed by atoms with van der Waals surface area (Å²) in [5, 5.41) is 0. The van der Waals surface area contributed by atoms with Crippen LogP contribution in [-0.4, -0.2) is 16.1 Å². The van der Waals surface area contributed by atoms with Gasteiger partial charge in [-0.15, -0.1) is 0 Å². The lowest BCUT2D eigenvalue weighted by molar-refractivity contribution is 0.0992. The summed E-state index contributed by atoms with van der Waals surface area (Å²) in [6.45, 7) is 4.16. The van der Waals surface area contributed by atoms with E-state index < -0.39 is 0 Å². The Hall–Kier alpha value is -0.830. The largest absolute Gasteiger partial charge is 0.334 e. The van der Waals surface area contributed by atoms with Crippen molar-refractivity contribution in [2.75, 3.05) is 6.54 Å². The van der Waals surface area contributed by atoms with Gasteiger partial charge in [-0.2, -0.15) is 0 Å². The number of rotatable bonds is 5. The Morgan fingerprint density at radius 3 is 2.87 bits per heavy atom. The second-order valence-electron chi connectivity index (χ2n) is 4.76. The second kappa shape index (κ2) is 4.35. The van der Waals surface area contributed by atoms with Crippen LogP contribution in [0.25, 0.3) is 0 Å². The predicted molar refractivity (Wildman–Crippen MR) is 61.6 cm³/mol. The SMILES string of the molecule is CCC1(Cn2cncc2CCN)CCC1. The van der Waals surface area contributed by atoms with Crippen LogP contribution < -0.4 is 5.73 Å². The molecule has 0 atom stereocenters. The minimum atomic E-state index is 0.560. The van der Waals surface area contributed by atoms with E-state index in [0.29, 0.717) is 12.0 Å². The molecule has 2 rings (SSSR count). The summed E-state index contributed by atoms with van der Waals surface area (Å²) in [7, 11) is 0. The van der Waals surface area contributed by atoms with Gasteiger partial charge in [0.15, 0.2) is 0 Å². The average molecular weight is 207 g/mol. The third-order valence-electron chi connectivity index (χ3n) is 3.87. The van der Waals surface area contributed by atoms with Crippen LogP contribution in [0, 0.1) is 5.41 Å². The van der Waals surface area contributed by atoms with Crippen LogP contribution in [0.4, 0.5) is 0 Å². The molecule has 1 aromatic heterocycles. The lowest BCUT2D eigenvalue weighted by Gasteiger charge is -2.41. The molecule has 1 aliphatic carbocycles. The maximum Gasteiger partial charge on any atom is 0.0948 e. The fourth-order valence-corrected chi connectivity index (χ4v) is 2.51. The molecule has 0 bridgehead atoms. The Bertz CT molecular complexity index is 307. The van der Waals surface area contributed by atoms with E-state index in [-0.39, 0.29) is 0 Å². The van der Waals surface area contributed by atoms with Gasteiger partial charge in [0.2, 0.25) is 0 Å². The maximum atomic E-state index is 5.59. The standard InChI is InChI=1S/C12H21N3/c1-2-12(5-3-6-12)9-15-10-14-8-11(15)4-7-13/h8,10H,2-7,9,13H2,1H3. The molecule has 0 aliphatic heterocycles. The minimum Gasteiger partial charge on any atom is -0.334 e. The molecule has 15 heavy (non-hydrogen) atoms. The highest BCUT2D eigenvalue weighted by Crippen LogP contribution is 2.45. The van der Waals surface area contributed by atoms with Gasteiger partial charge < -0.3 is 10.3 Å². The molecule has 1 saturated carbocycles. The van der Waals surface area contributed by atoms with Gasteiger partial charge in [-0.3, -0.25) is 0 Å². The number of hydrogen-bond donors (Lipinski definition) is 1. The molecule has 1 aromatic rings. The number of aromatic nitrogens is 2. The number of hydrogen-bond acceptors (Lipinski definition) is 2. The molecule has 0 aromatic carbocycles. The van der Waals surface area contributed by atoms with Crippen LogP contribution in [-0.2, 0) is 13.0 Å². The van der Waals surface area contributed by atoms with Gasteiger partial charge in [0.05, 0.1) is 6.33 Å². The fraction of sp³-hybridized carbons (Fsp3) is 0.750. The highest BCUT2D eigenvalue weighted by molar-refractivity contribution is 5.01. The zero-order valence-corrected chi connectivity index (χ0v) is 9.58. The lowest BCUT2D eigenvalue weighted by atomic mass is 9.67. The van der Waals surface area contributed by atoms with Gasteiger partial charge in [-0.25, -0.2) is 4.98 Å². The number of imidazole rings is 1. The number of nitrogens with two attached hydrogens (primary N) is 1. The quantitative estimate of drug-likeness (QED) is 0.802. The molecular formula is C12H21N3. The van der Waals surface area contributed by atoms with Crippen molar-refractivity contribution in [1.82, 2.24) is 9.55 Å². The molecule has 1 fully saturated rings. The van der Waals surface area contributed by atoms with Gasteiger partial charge in [0.25, 0.3) is 0 Å². The van der Waals surface area contributed by atoms with Crippen molar-refractivity contribution in [3.05, 3.63) is 18.2 Å². The molecule has 1 heterocycles. The second-order valence-corrected chi connectivity index (χ2v) is 4.76. The van der Waals surface area contributed by atoms with Crippen molar-refractivity contribution in [1.29, 1.82) is 0 Å². The summed E-state index contributed by atoms with van der Waals surface area (Å²) in [5.74, 6) is 0. The van der Waals surface area contributed by atoms with E-state index in [1.165, 1.54) is 31.4 Å². The van der Waals surface area contributed by atoms with Crippen molar-refractivity contribution in [2.45, 2.75) is 45.6 Å². The van der Waals surface area contributed by atoms with Gasteiger partial charge in [-0.1, -0.05) is 13.3 Å². The predicted octanol–water partition coefficient (Wildman–Crippen LogP) is 1.96. The molecule has 0 amide bonds. The topological polar surface area (TPSA) is 43.8 Å². The lowest BCUT2D eigenvalue weighted by Crippen LogP contribution is -2.33. The van der Waals surface area contributed by atoms with Crippen molar-refractivity contribution in [3.8, 4) is 0 Å². The van der Waals surface area contributed by atoms with Gasteiger partial charge in [0.1, 0.15) is 0 Å². The van der Waals surface area contributed by atoms with E-state index in [4.69, 9.17) is 5.73 Å². The first-order valence-corrected chi connectivity index (χ1v) is 5.99. The van der Waals surface area contributed by atoms with Crippen molar-refractivity contribution < 1.29 is 0 Å². The Morgan fingerprint density at radius 1 is 1.53 bits per heavy atom. The molecule has 0 unspecified atom stereocenters. The molecule has 3 nitrogen and oxygen atoms in total. The molecule has 0 spiro atoms. The Balaban J connectivity index is 2.06. The van der Waals surface area contributed by atoms with Crippen molar-refractivity contribution in [3.63, 3.8) is 0 Å². The van der Waals surface area contributed by atoms with E-state index in [1.807, 2.05) is 12.5 Å². The summed E-state index contributed by atoms with van der Waals surface area (Å²) < 4.78 is 2.30. The summed E-state index contributed by atoms with van der Waals surface area (Å²) in [4.78, 5) is 4.23. The fourth-order valence-electron chi connectivity index (χ4n) is 2.51. The van der Waals surface area contributed by atoms with E-state index >= 15 is 0 Å². The van der Waals surface area contributed by atoms with E-state index in [1.54, 1.807) is 0 Å². The summed E-state index contributed by atoms with van der Waals surface area (Å²) >= 11 is 0. The molecule has 0 saturated heterocycles. The van der Waals surface area contributed by atoms with Crippen molar-refractivity contribution >= 4 is 0 Å². The van der Waals surface area contributed by atoms with Gasteiger partial charge in [-0.05, 0) is 31.2 Å². The first kappa shape index (κ1) is 10.7. The molecule has 2 N–H and O–H groups in total. The van der Waals surface area contributed by atoms with E-state index in [2.05, 4.69) is 16.5 Å². The third-order valence-corrected chi connectivity index (χ3v) is 3.87. The smallest absolute Gasteiger partial charge is 0.0948 e. The summed E-state index contributed by atoms with van der Waals surface area (Å²) in [6, 6.07) is 0. The molecule has 3 heteroatoms. The van der Waals surface area contributed by atoms with Crippen molar-refractivity contribution in [2.24, 2.45) is 11.1 Å². The van der Waals surface area contributed by atoms with E-state index in [0.717, 1.165) is 13.0 Å². The van der Waals surface area contributed by atoms with Gasteiger partial charge in [0, 0.05) is 24.9 Å². The summed E-state index contributed by atoms with van der Waals surface area (Å²) in [6.07, 6.45) is 10.3.